The molecule has 106 valence electrons. The molecule has 3 nitrogen and oxygen atoms in total. The van der Waals surface area contributed by atoms with Gasteiger partial charge in [-0.15, -0.1) is 0 Å². The Labute approximate surface area is 125 Å². The summed E-state index contributed by atoms with van der Waals surface area (Å²) in [4.78, 5) is 2.43. The van der Waals surface area contributed by atoms with Crippen molar-refractivity contribution in [3.05, 3.63) is 65.7 Å². The number of para-hydroxylation sites is 1. The van der Waals surface area contributed by atoms with E-state index in [2.05, 4.69) is 46.6 Å². The summed E-state index contributed by atoms with van der Waals surface area (Å²) in [7, 11) is 0. The molecule has 0 amide bonds. The number of hydrogen-bond donors (Lipinski definition) is 1. The third kappa shape index (κ3) is 3.42. The minimum absolute atomic E-state index is 0.529. The van der Waals surface area contributed by atoms with Gasteiger partial charge in [0.15, 0.2) is 0 Å². The molecule has 3 heteroatoms. The number of rotatable bonds is 4. The van der Waals surface area contributed by atoms with Crippen LogP contribution in [0.25, 0.3) is 0 Å². The van der Waals surface area contributed by atoms with Crippen LogP contribution in [0.15, 0.2) is 54.6 Å². The lowest BCUT2D eigenvalue weighted by molar-refractivity contribution is 0.551. The highest BCUT2D eigenvalue weighted by atomic mass is 15.2. The lowest BCUT2D eigenvalue weighted by Crippen LogP contribution is -2.32. The van der Waals surface area contributed by atoms with E-state index in [4.69, 9.17) is 5.26 Å². The molecule has 0 spiro atoms. The molecule has 0 aliphatic carbocycles. The molecule has 1 saturated heterocycles. The lowest BCUT2D eigenvalue weighted by atomic mass is 10.1. The molecule has 0 radical (unpaired) electrons. The van der Waals surface area contributed by atoms with Crippen LogP contribution in [0.4, 0.5) is 5.69 Å². The smallest absolute Gasteiger partial charge is 0.0991 e. The normalized spacial score (nSPS) is 17.7. The van der Waals surface area contributed by atoms with Crippen molar-refractivity contribution in [3.63, 3.8) is 0 Å². The summed E-state index contributed by atoms with van der Waals surface area (Å²) in [5.74, 6) is 0. The Balaban J connectivity index is 1.52. The van der Waals surface area contributed by atoms with Gasteiger partial charge in [-0.3, -0.25) is 0 Å². The van der Waals surface area contributed by atoms with Crippen molar-refractivity contribution >= 4 is 5.69 Å². The van der Waals surface area contributed by atoms with Gasteiger partial charge >= 0.3 is 0 Å². The van der Waals surface area contributed by atoms with Crippen molar-refractivity contribution in [3.8, 4) is 6.07 Å². The first-order chi connectivity index (χ1) is 10.3. The van der Waals surface area contributed by atoms with Crippen LogP contribution < -0.4 is 10.2 Å². The second kappa shape index (κ2) is 6.43. The zero-order chi connectivity index (χ0) is 14.5. The zero-order valence-corrected chi connectivity index (χ0v) is 12.0. The maximum atomic E-state index is 8.80. The van der Waals surface area contributed by atoms with Crippen LogP contribution in [0.3, 0.4) is 0 Å². The Morgan fingerprint density at radius 2 is 1.86 bits per heavy atom. The first kappa shape index (κ1) is 13.7. The van der Waals surface area contributed by atoms with Crippen LogP contribution in [0.5, 0.6) is 0 Å². The van der Waals surface area contributed by atoms with Crippen molar-refractivity contribution < 1.29 is 0 Å². The standard InChI is InChI=1S/C18H19N3/c19-12-15-6-8-16(9-7-15)13-20-17-10-11-21(14-17)18-4-2-1-3-5-18/h1-9,17,20H,10-11,13-14H2/t17-/m1/s1. The average Bonchev–Trinajstić information content (AvgIpc) is 3.03. The van der Waals surface area contributed by atoms with Gasteiger partial charge in [0.2, 0.25) is 0 Å². The number of hydrogen-bond acceptors (Lipinski definition) is 3. The number of nitrogens with one attached hydrogen (secondary N) is 1. The molecule has 1 fully saturated rings. The summed E-state index contributed by atoms with van der Waals surface area (Å²) in [6, 6.07) is 21.1. The molecule has 1 aliphatic rings. The van der Waals surface area contributed by atoms with Crippen molar-refractivity contribution in [2.75, 3.05) is 18.0 Å². The van der Waals surface area contributed by atoms with Gasteiger partial charge in [-0.05, 0) is 36.2 Å². The second-order valence-corrected chi connectivity index (χ2v) is 5.46. The van der Waals surface area contributed by atoms with E-state index in [-0.39, 0.29) is 0 Å². The van der Waals surface area contributed by atoms with Gasteiger partial charge in [0.05, 0.1) is 11.6 Å². The lowest BCUT2D eigenvalue weighted by Gasteiger charge is -2.19. The summed E-state index contributed by atoms with van der Waals surface area (Å²) in [5.41, 5.74) is 3.25. The summed E-state index contributed by atoms with van der Waals surface area (Å²) < 4.78 is 0. The molecule has 2 aromatic rings. The van der Waals surface area contributed by atoms with Gasteiger partial charge in [-0.25, -0.2) is 0 Å². The Hall–Kier alpha value is -2.31. The van der Waals surface area contributed by atoms with Crippen LogP contribution in [0, 0.1) is 11.3 Å². The topological polar surface area (TPSA) is 39.1 Å². The monoisotopic (exact) mass is 277 g/mol. The van der Waals surface area contributed by atoms with E-state index in [9.17, 15) is 0 Å². The van der Waals surface area contributed by atoms with Gasteiger partial charge < -0.3 is 10.2 Å². The highest BCUT2D eigenvalue weighted by Gasteiger charge is 2.21. The number of nitrogens with zero attached hydrogens (tertiary/aromatic N) is 2. The zero-order valence-electron chi connectivity index (χ0n) is 12.0. The Kier molecular flexibility index (Phi) is 4.18. The van der Waals surface area contributed by atoms with Crippen LogP contribution >= 0.6 is 0 Å². The molecule has 0 bridgehead atoms. The first-order valence-corrected chi connectivity index (χ1v) is 7.37. The molecule has 0 unspecified atom stereocenters. The van der Waals surface area contributed by atoms with Crippen molar-refractivity contribution in [1.29, 1.82) is 5.26 Å². The number of nitriles is 1. The van der Waals surface area contributed by atoms with E-state index >= 15 is 0 Å². The fourth-order valence-electron chi connectivity index (χ4n) is 2.76. The molecular weight excluding hydrogens is 258 g/mol. The Morgan fingerprint density at radius 1 is 1.10 bits per heavy atom. The third-order valence-corrected chi connectivity index (χ3v) is 3.99. The quantitative estimate of drug-likeness (QED) is 0.934. The summed E-state index contributed by atoms with van der Waals surface area (Å²) in [6.07, 6.45) is 1.17. The molecule has 1 aliphatic heterocycles. The summed E-state index contributed by atoms with van der Waals surface area (Å²) in [6.45, 7) is 3.02. The predicted molar refractivity (Wildman–Crippen MR) is 85.1 cm³/mol. The van der Waals surface area contributed by atoms with Gasteiger partial charge in [-0.1, -0.05) is 30.3 Å². The molecule has 1 atom stereocenters. The molecule has 1 N–H and O–H groups in total. The summed E-state index contributed by atoms with van der Waals surface area (Å²) in [5, 5.41) is 12.4. The Morgan fingerprint density at radius 3 is 2.57 bits per heavy atom. The van der Waals surface area contributed by atoms with E-state index in [1.54, 1.807) is 0 Å². The number of anilines is 1. The highest BCUT2D eigenvalue weighted by molar-refractivity contribution is 5.47. The largest absolute Gasteiger partial charge is 0.370 e. The Bertz CT molecular complexity index is 613. The molecular formula is C18H19N3. The van der Waals surface area contributed by atoms with Gasteiger partial charge in [0, 0.05) is 31.4 Å². The fraction of sp³-hybridized carbons (Fsp3) is 0.278. The van der Waals surface area contributed by atoms with Gasteiger partial charge in [0.25, 0.3) is 0 Å². The molecule has 2 aromatic carbocycles. The van der Waals surface area contributed by atoms with Crippen LogP contribution in [0.2, 0.25) is 0 Å². The van der Waals surface area contributed by atoms with E-state index in [0.29, 0.717) is 6.04 Å². The van der Waals surface area contributed by atoms with Crippen LogP contribution in [0.1, 0.15) is 17.5 Å². The molecule has 3 rings (SSSR count). The molecule has 21 heavy (non-hydrogen) atoms. The van der Waals surface area contributed by atoms with Crippen molar-refractivity contribution in [1.82, 2.24) is 5.32 Å². The maximum Gasteiger partial charge on any atom is 0.0991 e. The van der Waals surface area contributed by atoms with Gasteiger partial charge in [0.1, 0.15) is 0 Å². The predicted octanol–water partition coefficient (Wildman–Crippen LogP) is 2.93. The third-order valence-electron chi connectivity index (χ3n) is 3.99. The maximum absolute atomic E-state index is 8.80. The van der Waals surface area contributed by atoms with Crippen LogP contribution in [-0.2, 0) is 6.54 Å². The highest BCUT2D eigenvalue weighted by Crippen LogP contribution is 2.19. The fourth-order valence-corrected chi connectivity index (χ4v) is 2.76. The van der Waals surface area contributed by atoms with Gasteiger partial charge in [-0.2, -0.15) is 5.26 Å². The minimum Gasteiger partial charge on any atom is -0.370 e. The van der Waals surface area contributed by atoms with E-state index in [1.165, 1.54) is 17.7 Å². The summed E-state index contributed by atoms with van der Waals surface area (Å²) >= 11 is 0. The van der Waals surface area contributed by atoms with E-state index < -0.39 is 0 Å². The van der Waals surface area contributed by atoms with Crippen molar-refractivity contribution in [2.24, 2.45) is 0 Å². The van der Waals surface area contributed by atoms with Crippen molar-refractivity contribution in [2.45, 2.75) is 19.0 Å². The van der Waals surface area contributed by atoms with E-state index in [0.717, 1.165) is 25.2 Å². The second-order valence-electron chi connectivity index (χ2n) is 5.46. The number of benzene rings is 2. The molecule has 1 heterocycles. The average molecular weight is 277 g/mol. The molecule has 0 aromatic heterocycles. The SMILES string of the molecule is N#Cc1ccc(CN[C@@H]2CCN(c3ccccc3)C2)cc1. The first-order valence-electron chi connectivity index (χ1n) is 7.37. The molecule has 0 saturated carbocycles. The van der Waals surface area contributed by atoms with Crippen LogP contribution in [-0.4, -0.2) is 19.1 Å². The minimum atomic E-state index is 0.529. The van der Waals surface area contributed by atoms with E-state index in [1.807, 2.05) is 24.3 Å².